The Morgan fingerprint density at radius 2 is 2.18 bits per heavy atom. The van der Waals surface area contributed by atoms with Crippen LogP contribution in [-0.2, 0) is 0 Å². The van der Waals surface area contributed by atoms with Crippen molar-refractivity contribution in [2.45, 2.75) is 18.9 Å². The SMILES string of the molecule is c1cc(N[C@H]2CCCNC2)nc(-c2cnc3ccccn23)c1. The summed E-state index contributed by atoms with van der Waals surface area (Å²) < 4.78 is 2.06. The van der Waals surface area contributed by atoms with Crippen LogP contribution in [0.2, 0.25) is 0 Å². The Labute approximate surface area is 129 Å². The molecule has 0 bridgehead atoms. The number of nitrogens with one attached hydrogen (secondary N) is 2. The molecule has 1 fully saturated rings. The molecule has 0 aromatic carbocycles. The Hall–Kier alpha value is -2.40. The number of aromatic nitrogens is 3. The maximum Gasteiger partial charge on any atom is 0.137 e. The molecule has 3 aromatic rings. The quantitative estimate of drug-likeness (QED) is 0.779. The van der Waals surface area contributed by atoms with Gasteiger partial charge < -0.3 is 10.6 Å². The summed E-state index contributed by atoms with van der Waals surface area (Å²) in [7, 11) is 0. The van der Waals surface area contributed by atoms with Crippen LogP contribution < -0.4 is 10.6 Å². The van der Waals surface area contributed by atoms with E-state index in [4.69, 9.17) is 4.98 Å². The maximum absolute atomic E-state index is 4.76. The van der Waals surface area contributed by atoms with Gasteiger partial charge in [0.25, 0.3) is 0 Å². The summed E-state index contributed by atoms with van der Waals surface area (Å²) in [4.78, 5) is 9.19. The third kappa shape index (κ3) is 2.55. The fourth-order valence-corrected chi connectivity index (χ4v) is 2.96. The first-order valence-corrected chi connectivity index (χ1v) is 7.77. The number of piperidine rings is 1. The van der Waals surface area contributed by atoms with E-state index in [0.29, 0.717) is 6.04 Å². The van der Waals surface area contributed by atoms with Gasteiger partial charge in [0.05, 0.1) is 17.6 Å². The molecule has 2 N–H and O–H groups in total. The summed E-state index contributed by atoms with van der Waals surface area (Å²) in [6.45, 7) is 2.12. The fraction of sp³-hybridized carbons (Fsp3) is 0.294. The minimum absolute atomic E-state index is 0.457. The molecule has 112 valence electrons. The summed E-state index contributed by atoms with van der Waals surface area (Å²) in [6, 6.07) is 12.6. The molecule has 0 amide bonds. The van der Waals surface area contributed by atoms with Crippen molar-refractivity contribution in [1.82, 2.24) is 19.7 Å². The zero-order valence-electron chi connectivity index (χ0n) is 12.4. The lowest BCUT2D eigenvalue weighted by Crippen LogP contribution is -2.38. The largest absolute Gasteiger partial charge is 0.366 e. The van der Waals surface area contributed by atoms with Crippen molar-refractivity contribution in [3.63, 3.8) is 0 Å². The van der Waals surface area contributed by atoms with Gasteiger partial charge in [0.1, 0.15) is 11.5 Å². The van der Waals surface area contributed by atoms with Crippen LogP contribution in [0, 0.1) is 0 Å². The smallest absolute Gasteiger partial charge is 0.137 e. The van der Waals surface area contributed by atoms with Gasteiger partial charge in [0, 0.05) is 18.8 Å². The topological polar surface area (TPSA) is 54.2 Å². The van der Waals surface area contributed by atoms with Gasteiger partial charge >= 0.3 is 0 Å². The molecule has 4 rings (SSSR count). The molecule has 4 heterocycles. The lowest BCUT2D eigenvalue weighted by Gasteiger charge is -2.24. The van der Waals surface area contributed by atoms with E-state index in [1.165, 1.54) is 12.8 Å². The highest BCUT2D eigenvalue weighted by Gasteiger charge is 2.13. The molecule has 1 atom stereocenters. The van der Waals surface area contributed by atoms with Crippen molar-refractivity contribution < 1.29 is 0 Å². The Balaban J connectivity index is 1.63. The Morgan fingerprint density at radius 3 is 3.09 bits per heavy atom. The van der Waals surface area contributed by atoms with Crippen LogP contribution in [0.1, 0.15) is 12.8 Å². The van der Waals surface area contributed by atoms with Crippen LogP contribution in [0.3, 0.4) is 0 Å². The molecule has 1 aliphatic heterocycles. The Bertz CT molecular complexity index is 773. The number of nitrogens with zero attached hydrogens (tertiary/aromatic N) is 3. The summed E-state index contributed by atoms with van der Waals surface area (Å²) in [5.74, 6) is 0.928. The van der Waals surface area contributed by atoms with Crippen molar-refractivity contribution in [2.75, 3.05) is 18.4 Å². The second-order valence-electron chi connectivity index (χ2n) is 5.67. The van der Waals surface area contributed by atoms with E-state index in [9.17, 15) is 0 Å². The highest BCUT2D eigenvalue weighted by Crippen LogP contribution is 2.21. The Morgan fingerprint density at radius 1 is 1.18 bits per heavy atom. The van der Waals surface area contributed by atoms with E-state index in [0.717, 1.165) is 35.9 Å². The predicted molar refractivity (Wildman–Crippen MR) is 87.9 cm³/mol. The van der Waals surface area contributed by atoms with Gasteiger partial charge in [-0.2, -0.15) is 0 Å². The molecular weight excluding hydrogens is 274 g/mol. The number of rotatable bonds is 3. The van der Waals surface area contributed by atoms with E-state index < -0.39 is 0 Å². The molecule has 0 spiro atoms. The molecule has 3 aromatic heterocycles. The average Bonchev–Trinajstić information content (AvgIpc) is 3.00. The number of fused-ring (bicyclic) bond motifs is 1. The van der Waals surface area contributed by atoms with Gasteiger partial charge in [-0.1, -0.05) is 12.1 Å². The van der Waals surface area contributed by atoms with E-state index in [-0.39, 0.29) is 0 Å². The van der Waals surface area contributed by atoms with Crippen LogP contribution in [0.25, 0.3) is 17.0 Å². The minimum atomic E-state index is 0.457. The first-order chi connectivity index (χ1) is 10.9. The number of imidazole rings is 1. The molecule has 1 saturated heterocycles. The normalized spacial score (nSPS) is 18.5. The van der Waals surface area contributed by atoms with Crippen molar-refractivity contribution >= 4 is 11.5 Å². The first-order valence-electron chi connectivity index (χ1n) is 7.77. The number of hydrogen-bond donors (Lipinski definition) is 2. The van der Waals surface area contributed by atoms with Crippen LogP contribution in [0.5, 0.6) is 0 Å². The summed E-state index contributed by atoms with van der Waals surface area (Å²) in [6.07, 6.45) is 6.30. The van der Waals surface area contributed by atoms with Crippen LogP contribution >= 0.6 is 0 Å². The molecule has 1 aliphatic rings. The second-order valence-corrected chi connectivity index (χ2v) is 5.67. The number of anilines is 1. The molecule has 0 saturated carbocycles. The standard InChI is InChI=1S/C17H19N5/c1-2-10-22-15(12-19-17(22)8-1)14-6-3-7-16(21-14)20-13-5-4-9-18-11-13/h1-3,6-8,10,12-13,18H,4-5,9,11H2,(H,20,21)/t13-/m0/s1. The van der Waals surface area contributed by atoms with Gasteiger partial charge in [0.15, 0.2) is 0 Å². The zero-order chi connectivity index (χ0) is 14.8. The predicted octanol–water partition coefficient (Wildman–Crippen LogP) is 2.56. The van der Waals surface area contributed by atoms with Gasteiger partial charge in [0.2, 0.25) is 0 Å². The van der Waals surface area contributed by atoms with Crippen molar-refractivity contribution in [1.29, 1.82) is 0 Å². The maximum atomic E-state index is 4.76. The van der Waals surface area contributed by atoms with E-state index in [1.54, 1.807) is 0 Å². The van der Waals surface area contributed by atoms with E-state index in [1.807, 2.05) is 48.8 Å². The summed E-state index contributed by atoms with van der Waals surface area (Å²) >= 11 is 0. The first kappa shape index (κ1) is 13.3. The van der Waals surface area contributed by atoms with Crippen LogP contribution in [0.15, 0.2) is 48.8 Å². The molecule has 5 nitrogen and oxygen atoms in total. The van der Waals surface area contributed by atoms with Crippen molar-refractivity contribution in [3.8, 4) is 11.4 Å². The monoisotopic (exact) mass is 293 g/mol. The average molecular weight is 293 g/mol. The van der Waals surface area contributed by atoms with Crippen molar-refractivity contribution in [2.24, 2.45) is 0 Å². The van der Waals surface area contributed by atoms with Gasteiger partial charge in [-0.25, -0.2) is 9.97 Å². The second kappa shape index (κ2) is 5.77. The third-order valence-corrected chi connectivity index (χ3v) is 4.08. The molecule has 0 radical (unpaired) electrons. The number of hydrogen-bond acceptors (Lipinski definition) is 4. The zero-order valence-corrected chi connectivity index (χ0v) is 12.4. The molecule has 0 unspecified atom stereocenters. The molecule has 0 aliphatic carbocycles. The van der Waals surface area contributed by atoms with Crippen molar-refractivity contribution in [3.05, 3.63) is 48.8 Å². The summed E-state index contributed by atoms with van der Waals surface area (Å²) in [5, 5.41) is 6.95. The highest BCUT2D eigenvalue weighted by molar-refractivity contribution is 5.61. The van der Waals surface area contributed by atoms with Gasteiger partial charge in [-0.05, 0) is 43.7 Å². The molecular formula is C17H19N5. The van der Waals surface area contributed by atoms with Gasteiger partial charge in [-0.15, -0.1) is 0 Å². The summed E-state index contributed by atoms with van der Waals surface area (Å²) in [5.41, 5.74) is 2.89. The minimum Gasteiger partial charge on any atom is -0.366 e. The lowest BCUT2D eigenvalue weighted by molar-refractivity contribution is 0.479. The lowest BCUT2D eigenvalue weighted by atomic mass is 10.1. The van der Waals surface area contributed by atoms with Crippen LogP contribution in [-0.4, -0.2) is 33.5 Å². The van der Waals surface area contributed by atoms with E-state index in [2.05, 4.69) is 20.0 Å². The van der Waals surface area contributed by atoms with E-state index >= 15 is 0 Å². The van der Waals surface area contributed by atoms with Crippen LogP contribution in [0.4, 0.5) is 5.82 Å². The highest BCUT2D eigenvalue weighted by atomic mass is 15.1. The fourth-order valence-electron chi connectivity index (χ4n) is 2.96. The molecule has 22 heavy (non-hydrogen) atoms. The third-order valence-electron chi connectivity index (χ3n) is 4.08. The number of pyridine rings is 2. The van der Waals surface area contributed by atoms with Gasteiger partial charge in [-0.3, -0.25) is 4.40 Å². The Kier molecular flexibility index (Phi) is 3.48. The molecule has 5 heteroatoms.